The molecule has 3 N–H and O–H groups in total. The molecule has 0 aliphatic rings. The molecule has 0 saturated heterocycles. The maximum Gasteiger partial charge on any atom is 0.238 e. The molecule has 5 heteroatoms. The summed E-state index contributed by atoms with van der Waals surface area (Å²) in [4.78, 5) is 0. The van der Waals surface area contributed by atoms with Crippen LogP contribution in [0.4, 0.5) is 11.4 Å². The lowest BCUT2D eigenvalue weighted by Crippen LogP contribution is -1.97. The Labute approximate surface area is 99.6 Å². The van der Waals surface area contributed by atoms with Gasteiger partial charge in [0.05, 0.1) is 17.1 Å². The highest BCUT2D eigenvalue weighted by Crippen LogP contribution is 2.26. The molecule has 0 spiro atoms. The van der Waals surface area contributed by atoms with Gasteiger partial charge in [0.15, 0.2) is 0 Å². The molecule has 0 aliphatic heterocycles. The second-order valence-electron chi connectivity index (χ2n) is 3.61. The molecule has 1 heterocycles. The Morgan fingerprint density at radius 2 is 2.00 bits per heavy atom. The van der Waals surface area contributed by atoms with Crippen LogP contribution in [0.15, 0.2) is 30.3 Å². The summed E-state index contributed by atoms with van der Waals surface area (Å²) in [5.74, 6) is 1.09. The summed E-state index contributed by atoms with van der Waals surface area (Å²) in [5, 5.41) is 10.8. The molecule has 0 amide bonds. The molecule has 88 valence electrons. The van der Waals surface area contributed by atoms with Gasteiger partial charge in [0.1, 0.15) is 5.75 Å². The van der Waals surface area contributed by atoms with Gasteiger partial charge in [-0.25, -0.2) is 0 Å². The summed E-state index contributed by atoms with van der Waals surface area (Å²) in [6.07, 6.45) is 0. The number of nitrogens with two attached hydrogens (primary N) is 1. The van der Waals surface area contributed by atoms with Crippen molar-refractivity contribution in [3.8, 4) is 11.6 Å². The van der Waals surface area contributed by atoms with Crippen molar-refractivity contribution in [1.82, 2.24) is 10.2 Å². The largest absolute Gasteiger partial charge is 0.437 e. The molecule has 2 aromatic rings. The second-order valence-corrected chi connectivity index (χ2v) is 3.61. The van der Waals surface area contributed by atoms with E-state index in [1.807, 2.05) is 32.2 Å². The molecule has 1 aromatic heterocycles. The molecule has 1 aromatic carbocycles. The fraction of sp³-hybridized carbons (Fsp3) is 0.167. The van der Waals surface area contributed by atoms with Gasteiger partial charge in [0.25, 0.3) is 0 Å². The van der Waals surface area contributed by atoms with Gasteiger partial charge < -0.3 is 15.8 Å². The minimum atomic E-state index is 0.451. The molecule has 0 aliphatic carbocycles. The van der Waals surface area contributed by atoms with Crippen LogP contribution in [0.1, 0.15) is 5.69 Å². The van der Waals surface area contributed by atoms with Gasteiger partial charge in [-0.1, -0.05) is 0 Å². The first-order chi connectivity index (χ1) is 8.19. The average molecular weight is 230 g/mol. The van der Waals surface area contributed by atoms with E-state index in [-0.39, 0.29) is 0 Å². The minimum absolute atomic E-state index is 0.451. The minimum Gasteiger partial charge on any atom is -0.437 e. The van der Waals surface area contributed by atoms with Crippen molar-refractivity contribution in [2.45, 2.75) is 6.92 Å². The van der Waals surface area contributed by atoms with Crippen LogP contribution >= 0.6 is 0 Å². The first-order valence-electron chi connectivity index (χ1n) is 5.24. The summed E-state index contributed by atoms with van der Waals surface area (Å²) >= 11 is 0. The highest BCUT2D eigenvalue weighted by Gasteiger charge is 2.02. The summed E-state index contributed by atoms with van der Waals surface area (Å²) < 4.78 is 5.53. The number of benzene rings is 1. The van der Waals surface area contributed by atoms with E-state index in [1.54, 1.807) is 12.1 Å². The van der Waals surface area contributed by atoms with Crippen molar-refractivity contribution >= 4 is 11.4 Å². The fourth-order valence-electron chi connectivity index (χ4n) is 1.39. The quantitative estimate of drug-likeness (QED) is 0.791. The van der Waals surface area contributed by atoms with Crippen molar-refractivity contribution in [2.75, 3.05) is 18.1 Å². The van der Waals surface area contributed by atoms with E-state index in [2.05, 4.69) is 15.5 Å². The SMILES string of the molecule is CNc1ccc(Oc2ccc(C)nn2)cc1N. The van der Waals surface area contributed by atoms with E-state index in [1.165, 1.54) is 0 Å². The van der Waals surface area contributed by atoms with Crippen LogP contribution in [-0.4, -0.2) is 17.2 Å². The van der Waals surface area contributed by atoms with Crippen LogP contribution in [0, 0.1) is 6.92 Å². The van der Waals surface area contributed by atoms with E-state index in [9.17, 15) is 0 Å². The molecule has 0 atom stereocenters. The third-order valence-corrected chi connectivity index (χ3v) is 2.29. The molecule has 0 saturated carbocycles. The number of hydrogen-bond donors (Lipinski definition) is 2. The van der Waals surface area contributed by atoms with Gasteiger partial charge >= 0.3 is 0 Å². The second kappa shape index (κ2) is 4.69. The zero-order chi connectivity index (χ0) is 12.3. The number of nitrogen functional groups attached to an aromatic ring is 1. The summed E-state index contributed by atoms with van der Waals surface area (Å²) in [6, 6.07) is 9.03. The first kappa shape index (κ1) is 11.2. The van der Waals surface area contributed by atoms with Crippen LogP contribution in [0.5, 0.6) is 11.6 Å². The van der Waals surface area contributed by atoms with Crippen LogP contribution in [-0.2, 0) is 0 Å². The number of aryl methyl sites for hydroxylation is 1. The maximum absolute atomic E-state index is 5.83. The number of ether oxygens (including phenoxy) is 1. The van der Waals surface area contributed by atoms with Gasteiger partial charge in [0, 0.05) is 19.2 Å². The molecule has 17 heavy (non-hydrogen) atoms. The van der Waals surface area contributed by atoms with E-state index in [0.717, 1.165) is 11.4 Å². The highest BCUT2D eigenvalue weighted by atomic mass is 16.5. The topological polar surface area (TPSA) is 73.1 Å². The van der Waals surface area contributed by atoms with Gasteiger partial charge in [-0.15, -0.1) is 5.10 Å². The normalized spacial score (nSPS) is 10.0. The highest BCUT2D eigenvalue weighted by molar-refractivity contribution is 5.67. The van der Waals surface area contributed by atoms with Crippen molar-refractivity contribution in [2.24, 2.45) is 0 Å². The zero-order valence-electron chi connectivity index (χ0n) is 9.77. The Balaban J connectivity index is 2.19. The molecular weight excluding hydrogens is 216 g/mol. The Kier molecular flexibility index (Phi) is 3.09. The smallest absolute Gasteiger partial charge is 0.238 e. The number of nitrogens with zero attached hydrogens (tertiary/aromatic N) is 2. The van der Waals surface area contributed by atoms with Gasteiger partial charge in [0.2, 0.25) is 5.88 Å². The van der Waals surface area contributed by atoms with Crippen LogP contribution < -0.4 is 15.8 Å². The van der Waals surface area contributed by atoms with Crippen molar-refractivity contribution < 1.29 is 4.74 Å². The van der Waals surface area contributed by atoms with Crippen LogP contribution in [0.3, 0.4) is 0 Å². The third kappa shape index (κ3) is 2.63. The molecule has 0 fully saturated rings. The van der Waals surface area contributed by atoms with Gasteiger partial charge in [-0.05, 0) is 25.1 Å². The summed E-state index contributed by atoms with van der Waals surface area (Å²) in [7, 11) is 1.82. The van der Waals surface area contributed by atoms with E-state index in [0.29, 0.717) is 17.3 Å². The summed E-state index contributed by atoms with van der Waals surface area (Å²) in [5.41, 5.74) is 8.18. The van der Waals surface area contributed by atoms with Gasteiger partial charge in [-0.3, -0.25) is 0 Å². The lowest BCUT2D eigenvalue weighted by atomic mass is 10.2. The van der Waals surface area contributed by atoms with Gasteiger partial charge in [-0.2, -0.15) is 5.10 Å². The molecule has 0 unspecified atom stereocenters. The number of hydrogen-bond acceptors (Lipinski definition) is 5. The van der Waals surface area contributed by atoms with Crippen molar-refractivity contribution in [1.29, 1.82) is 0 Å². The first-order valence-corrected chi connectivity index (χ1v) is 5.24. The van der Waals surface area contributed by atoms with Crippen LogP contribution in [0.2, 0.25) is 0 Å². The summed E-state index contributed by atoms with van der Waals surface area (Å²) in [6.45, 7) is 1.87. The number of rotatable bonds is 3. The average Bonchev–Trinajstić information content (AvgIpc) is 2.32. The Morgan fingerprint density at radius 1 is 1.18 bits per heavy atom. The molecule has 2 rings (SSSR count). The van der Waals surface area contributed by atoms with Crippen LogP contribution in [0.25, 0.3) is 0 Å². The standard InChI is InChI=1S/C12H14N4O/c1-8-3-6-12(16-15-8)17-9-4-5-11(14-2)10(13)7-9/h3-7,14H,13H2,1-2H3. The fourth-order valence-corrected chi connectivity index (χ4v) is 1.39. The van der Waals surface area contributed by atoms with E-state index >= 15 is 0 Å². The zero-order valence-corrected chi connectivity index (χ0v) is 9.77. The third-order valence-electron chi connectivity index (χ3n) is 2.29. The van der Waals surface area contributed by atoms with Crippen molar-refractivity contribution in [3.63, 3.8) is 0 Å². The van der Waals surface area contributed by atoms with E-state index < -0.39 is 0 Å². The van der Waals surface area contributed by atoms with E-state index in [4.69, 9.17) is 10.5 Å². The lowest BCUT2D eigenvalue weighted by molar-refractivity contribution is 0.454. The molecule has 0 bridgehead atoms. The number of aromatic nitrogens is 2. The molecule has 5 nitrogen and oxygen atoms in total. The monoisotopic (exact) mass is 230 g/mol. The van der Waals surface area contributed by atoms with Crippen molar-refractivity contribution in [3.05, 3.63) is 36.0 Å². The number of nitrogens with one attached hydrogen (secondary N) is 1. The predicted octanol–water partition coefficient (Wildman–Crippen LogP) is 2.20. The Hall–Kier alpha value is -2.30. The Morgan fingerprint density at radius 3 is 2.59 bits per heavy atom. The Bertz CT molecular complexity index is 510. The maximum atomic E-state index is 5.83. The number of anilines is 2. The lowest BCUT2D eigenvalue weighted by Gasteiger charge is -2.08. The molecule has 0 radical (unpaired) electrons. The molecular formula is C12H14N4O. The predicted molar refractivity (Wildman–Crippen MR) is 67.2 cm³/mol.